The van der Waals surface area contributed by atoms with Gasteiger partial charge in [0.05, 0.1) is 11.6 Å². The fraction of sp³-hybridized carbons (Fsp3) is 0.375. The molecule has 0 unspecified atom stereocenters. The van der Waals surface area contributed by atoms with E-state index in [1.54, 1.807) is 17.0 Å². The lowest BCUT2D eigenvalue weighted by molar-refractivity contribution is -0.149. The SMILES string of the molecule is CCCN[C@H](Cc1ccccc1)C(=O)N1CC[C@H]1C(=O)NCc1ccc(C(=N)N)c(O)c1. The van der Waals surface area contributed by atoms with Crippen molar-refractivity contribution in [1.29, 1.82) is 5.41 Å². The first-order valence-electron chi connectivity index (χ1n) is 10.9. The minimum Gasteiger partial charge on any atom is -0.507 e. The minimum absolute atomic E-state index is 0.0582. The monoisotopic (exact) mass is 437 g/mol. The van der Waals surface area contributed by atoms with E-state index in [9.17, 15) is 14.7 Å². The third kappa shape index (κ3) is 5.64. The molecular weight excluding hydrogens is 406 g/mol. The lowest BCUT2D eigenvalue weighted by Gasteiger charge is -2.41. The summed E-state index contributed by atoms with van der Waals surface area (Å²) in [7, 11) is 0. The molecule has 0 aliphatic carbocycles. The van der Waals surface area contributed by atoms with Crippen LogP contribution in [0.25, 0.3) is 0 Å². The molecule has 0 saturated carbocycles. The van der Waals surface area contributed by atoms with Crippen LogP contribution in [0.1, 0.15) is 36.5 Å². The molecule has 2 aromatic rings. The molecule has 170 valence electrons. The Morgan fingerprint density at radius 3 is 2.56 bits per heavy atom. The molecule has 1 aliphatic heterocycles. The van der Waals surface area contributed by atoms with Crippen molar-refractivity contribution in [2.45, 2.75) is 44.8 Å². The van der Waals surface area contributed by atoms with E-state index < -0.39 is 6.04 Å². The number of carbonyl (C=O) groups excluding carboxylic acids is 2. The zero-order valence-corrected chi connectivity index (χ0v) is 18.3. The zero-order valence-electron chi connectivity index (χ0n) is 18.3. The first-order valence-corrected chi connectivity index (χ1v) is 10.9. The molecular formula is C24H31N5O3. The first kappa shape index (κ1) is 23.3. The van der Waals surface area contributed by atoms with Crippen molar-refractivity contribution in [3.63, 3.8) is 0 Å². The molecule has 8 nitrogen and oxygen atoms in total. The van der Waals surface area contributed by atoms with Crippen molar-refractivity contribution in [2.75, 3.05) is 13.1 Å². The largest absolute Gasteiger partial charge is 0.507 e. The fourth-order valence-electron chi connectivity index (χ4n) is 3.76. The highest BCUT2D eigenvalue weighted by atomic mass is 16.3. The van der Waals surface area contributed by atoms with Gasteiger partial charge in [0.25, 0.3) is 0 Å². The Balaban J connectivity index is 1.60. The van der Waals surface area contributed by atoms with Crippen LogP contribution in [-0.2, 0) is 22.6 Å². The third-order valence-corrected chi connectivity index (χ3v) is 5.65. The smallest absolute Gasteiger partial charge is 0.243 e. The Morgan fingerprint density at radius 1 is 1.22 bits per heavy atom. The highest BCUT2D eigenvalue weighted by Crippen LogP contribution is 2.21. The van der Waals surface area contributed by atoms with Crippen LogP contribution in [-0.4, -0.2) is 52.8 Å². The average Bonchev–Trinajstić information content (AvgIpc) is 2.74. The molecule has 1 fully saturated rings. The summed E-state index contributed by atoms with van der Waals surface area (Å²) in [6.45, 7) is 3.56. The van der Waals surface area contributed by atoms with E-state index in [0.717, 1.165) is 18.5 Å². The van der Waals surface area contributed by atoms with Crippen LogP contribution in [0, 0.1) is 5.41 Å². The van der Waals surface area contributed by atoms with E-state index >= 15 is 0 Å². The predicted molar refractivity (Wildman–Crippen MR) is 123 cm³/mol. The highest BCUT2D eigenvalue weighted by molar-refractivity contribution is 5.97. The number of nitrogens with two attached hydrogens (primary N) is 1. The number of nitrogens with one attached hydrogen (secondary N) is 3. The molecule has 3 rings (SSSR count). The topological polar surface area (TPSA) is 132 Å². The standard InChI is InChI=1S/C24H31N5O3/c1-2-11-27-19(13-16-6-4-3-5-7-16)24(32)29-12-10-20(29)23(31)28-15-17-8-9-18(22(25)26)21(30)14-17/h3-9,14,19-20,27,30H,2,10-13,15H2,1H3,(H3,25,26)(H,28,31)/t19-,20+/m1/s1. The van der Waals surface area contributed by atoms with Crippen molar-refractivity contribution in [3.8, 4) is 5.75 Å². The number of likely N-dealkylation sites (tertiary alicyclic amines) is 1. The van der Waals surface area contributed by atoms with E-state index in [0.29, 0.717) is 24.9 Å². The second kappa shape index (κ2) is 10.8. The van der Waals surface area contributed by atoms with Crippen LogP contribution in [0.5, 0.6) is 5.75 Å². The summed E-state index contributed by atoms with van der Waals surface area (Å²) in [6, 6.07) is 13.7. The Bertz CT molecular complexity index is 963. The summed E-state index contributed by atoms with van der Waals surface area (Å²) >= 11 is 0. The number of carbonyl (C=O) groups is 2. The molecule has 0 radical (unpaired) electrons. The summed E-state index contributed by atoms with van der Waals surface area (Å²) < 4.78 is 0. The predicted octanol–water partition coefficient (Wildman–Crippen LogP) is 1.50. The molecule has 2 aromatic carbocycles. The van der Waals surface area contributed by atoms with Gasteiger partial charge in [-0.3, -0.25) is 15.0 Å². The Labute approximate surface area is 188 Å². The number of rotatable bonds is 10. The normalized spacial score (nSPS) is 16.2. The molecule has 6 N–H and O–H groups in total. The third-order valence-electron chi connectivity index (χ3n) is 5.65. The molecule has 1 saturated heterocycles. The molecule has 8 heteroatoms. The van der Waals surface area contributed by atoms with Gasteiger partial charge in [-0.15, -0.1) is 0 Å². The quantitative estimate of drug-likeness (QED) is 0.284. The molecule has 2 amide bonds. The van der Waals surface area contributed by atoms with Gasteiger partial charge in [-0.25, -0.2) is 0 Å². The summed E-state index contributed by atoms with van der Waals surface area (Å²) in [5.74, 6) is -0.593. The highest BCUT2D eigenvalue weighted by Gasteiger charge is 2.39. The number of aromatic hydroxyl groups is 1. The number of phenols is 1. The van der Waals surface area contributed by atoms with Gasteiger partial charge in [-0.1, -0.05) is 43.3 Å². The number of nitrogens with zero attached hydrogens (tertiary/aromatic N) is 1. The Kier molecular flexibility index (Phi) is 7.83. The summed E-state index contributed by atoms with van der Waals surface area (Å²) in [5, 5.41) is 23.6. The molecule has 32 heavy (non-hydrogen) atoms. The second-order valence-corrected chi connectivity index (χ2v) is 8.02. The summed E-state index contributed by atoms with van der Waals surface area (Å²) in [5.41, 5.74) is 7.42. The lowest BCUT2D eigenvalue weighted by atomic mass is 9.97. The van der Waals surface area contributed by atoms with Crippen LogP contribution in [0.15, 0.2) is 48.5 Å². The van der Waals surface area contributed by atoms with Gasteiger partial charge in [0.15, 0.2) is 0 Å². The first-order chi connectivity index (χ1) is 15.4. The summed E-state index contributed by atoms with van der Waals surface area (Å²) in [4.78, 5) is 27.6. The van der Waals surface area contributed by atoms with Crippen molar-refractivity contribution in [3.05, 3.63) is 65.2 Å². The number of amidine groups is 1. The van der Waals surface area contributed by atoms with Crippen LogP contribution in [0.3, 0.4) is 0 Å². The van der Waals surface area contributed by atoms with Crippen molar-refractivity contribution in [1.82, 2.24) is 15.5 Å². The number of hydrogen-bond acceptors (Lipinski definition) is 5. The Morgan fingerprint density at radius 2 is 1.97 bits per heavy atom. The molecule has 0 bridgehead atoms. The zero-order chi connectivity index (χ0) is 23.1. The maximum Gasteiger partial charge on any atom is 0.243 e. The minimum atomic E-state index is -0.491. The van der Waals surface area contributed by atoms with Gasteiger partial charge in [-0.2, -0.15) is 0 Å². The van der Waals surface area contributed by atoms with Gasteiger partial charge >= 0.3 is 0 Å². The number of phenolic OH excluding ortho intramolecular Hbond substituents is 1. The number of amides is 2. The van der Waals surface area contributed by atoms with Crippen LogP contribution in [0.4, 0.5) is 0 Å². The van der Waals surface area contributed by atoms with Crippen molar-refractivity contribution < 1.29 is 14.7 Å². The van der Waals surface area contributed by atoms with E-state index in [2.05, 4.69) is 17.6 Å². The van der Waals surface area contributed by atoms with Gasteiger partial charge in [0, 0.05) is 13.1 Å². The van der Waals surface area contributed by atoms with Crippen molar-refractivity contribution >= 4 is 17.6 Å². The molecule has 1 heterocycles. The fourth-order valence-corrected chi connectivity index (χ4v) is 3.76. The summed E-state index contributed by atoms with van der Waals surface area (Å²) in [6.07, 6.45) is 2.11. The van der Waals surface area contributed by atoms with E-state index in [1.807, 2.05) is 30.3 Å². The number of nitrogen functional groups attached to an aromatic ring is 1. The molecule has 1 aliphatic rings. The number of hydrogen-bond donors (Lipinski definition) is 5. The second-order valence-electron chi connectivity index (χ2n) is 8.02. The molecule has 0 aromatic heterocycles. The van der Waals surface area contributed by atoms with E-state index in [-0.39, 0.29) is 41.5 Å². The lowest BCUT2D eigenvalue weighted by Crippen LogP contribution is -2.62. The Hall–Kier alpha value is -3.39. The average molecular weight is 438 g/mol. The van der Waals surface area contributed by atoms with Crippen LogP contribution in [0.2, 0.25) is 0 Å². The van der Waals surface area contributed by atoms with Crippen molar-refractivity contribution in [2.24, 2.45) is 5.73 Å². The van der Waals surface area contributed by atoms with E-state index in [4.69, 9.17) is 11.1 Å². The molecule has 2 atom stereocenters. The maximum absolute atomic E-state index is 13.2. The van der Waals surface area contributed by atoms with Crippen LogP contribution < -0.4 is 16.4 Å². The van der Waals surface area contributed by atoms with Gasteiger partial charge in [0.1, 0.15) is 17.6 Å². The van der Waals surface area contributed by atoms with Crippen LogP contribution >= 0.6 is 0 Å². The number of benzene rings is 2. The van der Waals surface area contributed by atoms with E-state index in [1.165, 1.54) is 6.07 Å². The molecule has 0 spiro atoms. The maximum atomic E-state index is 13.2. The van der Waals surface area contributed by atoms with Gasteiger partial charge < -0.3 is 26.4 Å². The van der Waals surface area contributed by atoms with Gasteiger partial charge in [0.2, 0.25) is 11.8 Å². The van der Waals surface area contributed by atoms with Gasteiger partial charge in [-0.05, 0) is 49.1 Å².